The van der Waals surface area contributed by atoms with Gasteiger partial charge in [0.25, 0.3) is 0 Å². The predicted octanol–water partition coefficient (Wildman–Crippen LogP) is 1.87. The first kappa shape index (κ1) is 10.1. The van der Waals surface area contributed by atoms with Crippen LogP contribution in [0.1, 0.15) is 12.8 Å². The van der Waals surface area contributed by atoms with E-state index in [-0.39, 0.29) is 10.9 Å². The molecule has 5 nitrogen and oxygen atoms in total. The quantitative estimate of drug-likeness (QED) is 0.583. The average molecular weight is 226 g/mol. The Labute approximate surface area is 87.6 Å². The van der Waals surface area contributed by atoms with Gasteiger partial charge in [-0.2, -0.15) is 8.57 Å². The van der Waals surface area contributed by atoms with Crippen molar-refractivity contribution in [3.63, 3.8) is 0 Å². The van der Waals surface area contributed by atoms with Crippen molar-refractivity contribution < 1.29 is 8.54 Å². The maximum absolute atomic E-state index is 12.1. The lowest BCUT2D eigenvalue weighted by molar-refractivity contribution is -0.300. The summed E-state index contributed by atoms with van der Waals surface area (Å²) in [6.45, 7) is 0. The summed E-state index contributed by atoms with van der Waals surface area (Å²) >= 11 is 0. The molecule has 1 aromatic rings. The highest BCUT2D eigenvalue weighted by Gasteiger charge is 2.31. The molecule has 1 aliphatic carbocycles. The number of nitrogens with zero attached hydrogens (tertiary/aromatic N) is 2. The van der Waals surface area contributed by atoms with Gasteiger partial charge in [0.05, 0.1) is 6.04 Å². The Kier molecular flexibility index (Phi) is 2.44. The summed E-state index contributed by atoms with van der Waals surface area (Å²) in [6, 6.07) is 7.85. The van der Waals surface area contributed by atoms with Crippen LogP contribution < -0.4 is 0 Å². The standard InChI is InChI=1S/C9H10N2O3S/c12-11(13)15(14,10-8-6-7-8)9-4-2-1-3-5-9/h1-5,8H,6-7H2. The van der Waals surface area contributed by atoms with E-state index in [2.05, 4.69) is 4.36 Å². The van der Waals surface area contributed by atoms with Crippen LogP contribution in [0, 0.1) is 10.1 Å². The van der Waals surface area contributed by atoms with Gasteiger partial charge in [-0.25, -0.2) is 10.1 Å². The first-order valence-corrected chi connectivity index (χ1v) is 6.06. The van der Waals surface area contributed by atoms with Crippen molar-refractivity contribution in [2.24, 2.45) is 4.36 Å². The van der Waals surface area contributed by atoms with Crippen LogP contribution in [-0.2, 0) is 9.92 Å². The molecule has 0 N–H and O–H groups in total. The maximum Gasteiger partial charge on any atom is 0.348 e. The van der Waals surface area contributed by atoms with Crippen molar-refractivity contribution in [3.8, 4) is 0 Å². The van der Waals surface area contributed by atoms with Gasteiger partial charge in [-0.3, -0.25) is 0 Å². The Morgan fingerprint density at radius 2 is 1.93 bits per heavy atom. The second-order valence-corrected chi connectivity index (χ2v) is 5.34. The molecule has 1 unspecified atom stereocenters. The minimum Gasteiger partial charge on any atom is -0.248 e. The van der Waals surface area contributed by atoms with Crippen molar-refractivity contribution in [2.75, 3.05) is 0 Å². The van der Waals surface area contributed by atoms with Gasteiger partial charge in [0.2, 0.25) is 0 Å². The number of benzene rings is 1. The van der Waals surface area contributed by atoms with Crippen molar-refractivity contribution in [2.45, 2.75) is 23.8 Å². The van der Waals surface area contributed by atoms with Gasteiger partial charge in [0.15, 0.2) is 0 Å². The highest BCUT2D eigenvalue weighted by atomic mass is 32.2. The molecule has 2 rings (SSSR count). The van der Waals surface area contributed by atoms with Crippen LogP contribution in [0.4, 0.5) is 0 Å². The fraction of sp³-hybridized carbons (Fsp3) is 0.333. The molecule has 0 heterocycles. The lowest BCUT2D eigenvalue weighted by atomic mass is 10.4. The van der Waals surface area contributed by atoms with E-state index in [1.807, 2.05) is 0 Å². The van der Waals surface area contributed by atoms with Crippen LogP contribution in [0.5, 0.6) is 0 Å². The number of hydrogen-bond acceptors (Lipinski definition) is 4. The second-order valence-electron chi connectivity index (χ2n) is 3.37. The summed E-state index contributed by atoms with van der Waals surface area (Å²) in [7, 11) is -3.47. The zero-order valence-electron chi connectivity index (χ0n) is 7.91. The SMILES string of the molecule is O=[N+]([O-])S(=O)(=NC1CC1)c1ccccc1. The first-order chi connectivity index (χ1) is 7.13. The molecule has 0 amide bonds. The minimum atomic E-state index is -3.47. The largest absolute Gasteiger partial charge is 0.348 e. The predicted molar refractivity (Wildman–Crippen MR) is 55.3 cm³/mol. The third-order valence-electron chi connectivity index (χ3n) is 2.09. The Hall–Kier alpha value is -1.43. The van der Waals surface area contributed by atoms with Crippen molar-refractivity contribution in [3.05, 3.63) is 40.4 Å². The van der Waals surface area contributed by atoms with Gasteiger partial charge in [-0.15, -0.1) is 0 Å². The third-order valence-corrected chi connectivity index (χ3v) is 3.97. The number of rotatable bonds is 3. The lowest BCUT2D eigenvalue weighted by Gasteiger charge is -2.00. The molecule has 1 aliphatic rings. The smallest absolute Gasteiger partial charge is 0.248 e. The van der Waals surface area contributed by atoms with E-state index < -0.39 is 14.2 Å². The molecule has 1 atom stereocenters. The minimum absolute atomic E-state index is 0.0943. The Bertz CT molecular complexity index is 487. The molecule has 80 valence electrons. The monoisotopic (exact) mass is 226 g/mol. The summed E-state index contributed by atoms with van der Waals surface area (Å²) < 4.78 is 15.1. The van der Waals surface area contributed by atoms with Crippen molar-refractivity contribution >= 4 is 9.92 Å². The first-order valence-electron chi connectivity index (χ1n) is 4.59. The zero-order chi connectivity index (χ0) is 10.9. The average Bonchev–Trinajstić information content (AvgIpc) is 3.02. The summed E-state index contributed by atoms with van der Waals surface area (Å²) in [4.78, 5) is 11.0. The molecular formula is C9H10N2O3S. The van der Waals surface area contributed by atoms with Gasteiger partial charge >= 0.3 is 9.92 Å². The molecular weight excluding hydrogens is 216 g/mol. The maximum atomic E-state index is 12.1. The highest BCUT2D eigenvalue weighted by Crippen LogP contribution is 2.27. The van der Waals surface area contributed by atoms with Crippen LogP contribution in [-0.4, -0.2) is 14.6 Å². The molecule has 0 aromatic heterocycles. The fourth-order valence-electron chi connectivity index (χ4n) is 1.17. The molecule has 0 bridgehead atoms. The van der Waals surface area contributed by atoms with E-state index in [4.69, 9.17) is 0 Å². The molecule has 6 heteroatoms. The summed E-state index contributed by atoms with van der Waals surface area (Å²) in [6.07, 6.45) is 1.61. The van der Waals surface area contributed by atoms with Crippen LogP contribution in [0.2, 0.25) is 0 Å². The van der Waals surface area contributed by atoms with E-state index in [1.165, 1.54) is 12.1 Å². The Morgan fingerprint density at radius 1 is 1.33 bits per heavy atom. The van der Waals surface area contributed by atoms with Gasteiger partial charge in [0, 0.05) is 0 Å². The molecule has 1 saturated carbocycles. The van der Waals surface area contributed by atoms with Crippen LogP contribution >= 0.6 is 0 Å². The van der Waals surface area contributed by atoms with Gasteiger partial charge < -0.3 is 0 Å². The third kappa shape index (κ3) is 1.99. The number of hydrogen-bond donors (Lipinski definition) is 0. The topological polar surface area (TPSA) is 72.6 Å². The van der Waals surface area contributed by atoms with Gasteiger partial charge in [-0.1, -0.05) is 18.2 Å². The van der Waals surface area contributed by atoms with Crippen LogP contribution in [0.15, 0.2) is 39.6 Å². The molecule has 1 aromatic carbocycles. The van der Waals surface area contributed by atoms with E-state index in [9.17, 15) is 14.3 Å². The molecule has 0 aliphatic heterocycles. The zero-order valence-corrected chi connectivity index (χ0v) is 8.72. The summed E-state index contributed by atoms with van der Waals surface area (Å²) in [5.74, 6) is 0. The summed E-state index contributed by atoms with van der Waals surface area (Å²) in [5.41, 5.74) is 0. The number of nitro groups is 1. The summed E-state index contributed by atoms with van der Waals surface area (Å²) in [5, 5.41) is 10.8. The van der Waals surface area contributed by atoms with Gasteiger partial charge in [-0.05, 0) is 25.0 Å². The Morgan fingerprint density at radius 3 is 2.40 bits per heavy atom. The molecule has 15 heavy (non-hydrogen) atoms. The van der Waals surface area contributed by atoms with Crippen molar-refractivity contribution in [1.29, 1.82) is 0 Å². The lowest BCUT2D eigenvalue weighted by Crippen LogP contribution is -2.13. The van der Waals surface area contributed by atoms with Gasteiger partial charge in [0.1, 0.15) is 9.22 Å². The normalized spacial score (nSPS) is 19.2. The van der Waals surface area contributed by atoms with Crippen molar-refractivity contribution in [1.82, 2.24) is 0 Å². The molecule has 0 spiro atoms. The fourth-order valence-corrected chi connectivity index (χ4v) is 2.66. The van der Waals surface area contributed by atoms with E-state index in [0.717, 1.165) is 12.8 Å². The van der Waals surface area contributed by atoms with Crippen LogP contribution in [0.3, 0.4) is 0 Å². The van der Waals surface area contributed by atoms with Crippen LogP contribution in [0.25, 0.3) is 0 Å². The van der Waals surface area contributed by atoms with E-state index >= 15 is 0 Å². The Balaban J connectivity index is 2.53. The molecule has 1 fully saturated rings. The highest BCUT2D eigenvalue weighted by molar-refractivity contribution is 7.87. The second kappa shape index (κ2) is 3.62. The molecule has 0 saturated heterocycles. The molecule has 0 radical (unpaired) electrons. The van der Waals surface area contributed by atoms with E-state index in [0.29, 0.717) is 0 Å². The van der Waals surface area contributed by atoms with E-state index in [1.54, 1.807) is 18.2 Å².